The molecule has 4 rings (SSSR count). The fraction of sp³-hybridized carbons (Fsp3) is 0.0714. The van der Waals surface area contributed by atoms with Gasteiger partial charge in [0, 0.05) is 32.5 Å². The summed E-state index contributed by atoms with van der Waals surface area (Å²) in [7, 11) is -4.36. The second-order valence-corrected chi connectivity index (χ2v) is 11.0. The number of hydrogen-bond donors (Lipinski definition) is 2. The first-order chi connectivity index (χ1) is 18.0. The van der Waals surface area contributed by atoms with Gasteiger partial charge in [-0.25, -0.2) is 8.42 Å². The lowest BCUT2D eigenvalue weighted by atomic mass is 9.96. The minimum atomic E-state index is -4.36. The normalized spacial score (nSPS) is 12.0. The standard InChI is InChI=1S/C28H22Cl2N2O5S/c1-17-5-7-18(8-6-17)26(27(33)19-9-11-20(29)12-10-19)31-23-3-2-4-24(25(23)28(34)35)38(36,37)32-22-15-13-21(30)14-16-22/h2-16,26,31-32H,1H3,(H,34,35)/p-1. The highest BCUT2D eigenvalue weighted by Crippen LogP contribution is 2.31. The van der Waals surface area contributed by atoms with E-state index < -0.39 is 32.5 Å². The molecule has 0 bridgehead atoms. The summed E-state index contributed by atoms with van der Waals surface area (Å²) in [4.78, 5) is 25.3. The van der Waals surface area contributed by atoms with Gasteiger partial charge in [0.25, 0.3) is 10.0 Å². The Morgan fingerprint density at radius 3 is 1.97 bits per heavy atom. The lowest BCUT2D eigenvalue weighted by Crippen LogP contribution is -2.29. The van der Waals surface area contributed by atoms with Crippen LogP contribution >= 0.6 is 23.2 Å². The first kappa shape index (κ1) is 27.2. The number of ketones is 1. The number of nitrogens with one attached hydrogen (secondary N) is 2. The molecule has 0 aliphatic carbocycles. The van der Waals surface area contributed by atoms with E-state index in [4.69, 9.17) is 23.2 Å². The van der Waals surface area contributed by atoms with E-state index in [1.54, 1.807) is 36.4 Å². The smallest absolute Gasteiger partial charge is 0.262 e. The second kappa shape index (κ2) is 11.3. The molecule has 7 nitrogen and oxygen atoms in total. The summed E-state index contributed by atoms with van der Waals surface area (Å²) < 4.78 is 28.7. The van der Waals surface area contributed by atoms with Gasteiger partial charge >= 0.3 is 0 Å². The Morgan fingerprint density at radius 2 is 1.39 bits per heavy atom. The summed E-state index contributed by atoms with van der Waals surface area (Å²) in [5.74, 6) is -2.10. The van der Waals surface area contributed by atoms with Gasteiger partial charge in [0.05, 0.1) is 10.9 Å². The largest absolute Gasteiger partial charge is 0.545 e. The Morgan fingerprint density at radius 1 is 0.816 bits per heavy atom. The van der Waals surface area contributed by atoms with Crippen LogP contribution < -0.4 is 15.1 Å². The summed E-state index contributed by atoms with van der Waals surface area (Å²) in [6.07, 6.45) is 0. The Hall–Kier alpha value is -3.85. The number of carboxylic acids is 1. The molecule has 38 heavy (non-hydrogen) atoms. The molecular formula is C28H21Cl2N2O5S-. The third kappa shape index (κ3) is 6.16. The Kier molecular flexibility index (Phi) is 8.06. The van der Waals surface area contributed by atoms with E-state index in [0.717, 1.165) is 11.6 Å². The minimum absolute atomic E-state index is 0.100. The van der Waals surface area contributed by atoms with Crippen molar-refractivity contribution in [3.63, 3.8) is 0 Å². The predicted octanol–water partition coefficient (Wildman–Crippen LogP) is 5.50. The summed E-state index contributed by atoms with van der Waals surface area (Å²) in [6.45, 7) is 1.89. The molecule has 4 aromatic rings. The van der Waals surface area contributed by atoms with E-state index >= 15 is 0 Å². The molecule has 0 fully saturated rings. The molecule has 0 spiro atoms. The van der Waals surface area contributed by atoms with Crippen molar-refractivity contribution in [3.05, 3.63) is 123 Å². The minimum Gasteiger partial charge on any atom is -0.545 e. The van der Waals surface area contributed by atoms with Crippen LogP contribution in [0.1, 0.15) is 37.9 Å². The molecule has 0 aliphatic heterocycles. The monoisotopic (exact) mass is 567 g/mol. The molecule has 1 atom stereocenters. The second-order valence-electron chi connectivity index (χ2n) is 8.44. The van der Waals surface area contributed by atoms with Crippen LogP contribution in [0.4, 0.5) is 11.4 Å². The van der Waals surface area contributed by atoms with Crippen LogP contribution in [0.15, 0.2) is 95.9 Å². The van der Waals surface area contributed by atoms with Crippen LogP contribution in [0, 0.1) is 6.92 Å². The zero-order valence-electron chi connectivity index (χ0n) is 19.9. The van der Waals surface area contributed by atoms with Gasteiger partial charge in [0.1, 0.15) is 6.04 Å². The van der Waals surface area contributed by atoms with Gasteiger partial charge in [-0.05, 0) is 73.2 Å². The maximum atomic E-state index is 13.6. The van der Waals surface area contributed by atoms with Crippen LogP contribution in [0.5, 0.6) is 0 Å². The van der Waals surface area contributed by atoms with Crippen LogP contribution in [0.25, 0.3) is 0 Å². The van der Waals surface area contributed by atoms with Gasteiger partial charge < -0.3 is 15.2 Å². The maximum Gasteiger partial charge on any atom is 0.262 e. The Bertz CT molecular complexity index is 1590. The SMILES string of the molecule is Cc1ccc(C(Nc2cccc(S(=O)(=O)Nc3ccc(Cl)cc3)c2C(=O)[O-])C(=O)c2ccc(Cl)cc2)cc1. The topological polar surface area (TPSA) is 115 Å². The van der Waals surface area contributed by atoms with Crippen molar-refractivity contribution in [1.29, 1.82) is 0 Å². The number of Topliss-reactive ketones (excluding diaryl/α,β-unsaturated/α-hetero) is 1. The van der Waals surface area contributed by atoms with Crippen molar-refractivity contribution in [2.24, 2.45) is 0 Å². The molecule has 0 saturated carbocycles. The molecule has 2 N–H and O–H groups in total. The number of rotatable bonds is 9. The molecule has 0 saturated heterocycles. The average molecular weight is 568 g/mol. The molecule has 4 aromatic carbocycles. The molecule has 194 valence electrons. The number of anilines is 2. The number of carbonyl (C=O) groups is 2. The maximum absolute atomic E-state index is 13.6. The number of carbonyl (C=O) groups excluding carboxylic acids is 2. The van der Waals surface area contributed by atoms with Crippen molar-refractivity contribution < 1.29 is 23.1 Å². The van der Waals surface area contributed by atoms with E-state index in [-0.39, 0.29) is 17.2 Å². The zero-order chi connectivity index (χ0) is 27.4. The number of benzene rings is 4. The molecule has 0 aliphatic rings. The van der Waals surface area contributed by atoms with Crippen molar-refractivity contribution in [2.45, 2.75) is 17.9 Å². The van der Waals surface area contributed by atoms with E-state index in [0.29, 0.717) is 21.2 Å². The number of aromatic carboxylic acids is 1. The van der Waals surface area contributed by atoms with Gasteiger partial charge in [0.15, 0.2) is 5.78 Å². The van der Waals surface area contributed by atoms with Crippen LogP contribution in [0.2, 0.25) is 10.0 Å². The van der Waals surface area contributed by atoms with E-state index in [2.05, 4.69) is 10.0 Å². The van der Waals surface area contributed by atoms with Gasteiger partial charge in [-0.15, -0.1) is 0 Å². The lowest BCUT2D eigenvalue weighted by molar-refractivity contribution is -0.255. The number of hydrogen-bond acceptors (Lipinski definition) is 6. The highest BCUT2D eigenvalue weighted by molar-refractivity contribution is 7.92. The van der Waals surface area contributed by atoms with Gasteiger partial charge in [-0.3, -0.25) is 9.52 Å². The highest BCUT2D eigenvalue weighted by atomic mass is 35.5. The van der Waals surface area contributed by atoms with Crippen molar-refractivity contribution in [3.8, 4) is 0 Å². The zero-order valence-corrected chi connectivity index (χ0v) is 22.3. The van der Waals surface area contributed by atoms with Crippen LogP contribution in [-0.4, -0.2) is 20.2 Å². The molecule has 0 aromatic heterocycles. The van der Waals surface area contributed by atoms with E-state index in [1.807, 2.05) is 19.1 Å². The third-order valence-electron chi connectivity index (χ3n) is 5.72. The Balaban J connectivity index is 1.78. The third-order valence-corrected chi connectivity index (χ3v) is 7.65. The molecule has 0 heterocycles. The van der Waals surface area contributed by atoms with E-state index in [9.17, 15) is 23.1 Å². The summed E-state index contributed by atoms with van der Waals surface area (Å²) >= 11 is 11.8. The average Bonchev–Trinajstić information content (AvgIpc) is 2.89. The fourth-order valence-electron chi connectivity index (χ4n) is 3.81. The summed E-state index contributed by atoms with van der Waals surface area (Å²) in [6, 6.07) is 22.1. The number of halogens is 2. The van der Waals surface area contributed by atoms with Crippen molar-refractivity contribution >= 4 is 56.4 Å². The Labute approximate surface area is 230 Å². The summed E-state index contributed by atoms with van der Waals surface area (Å²) in [5, 5.41) is 16.1. The molecule has 1 unspecified atom stereocenters. The molecule has 0 radical (unpaired) electrons. The number of sulfonamides is 1. The van der Waals surface area contributed by atoms with Gasteiger partial charge in [-0.1, -0.05) is 59.1 Å². The molecule has 10 heteroatoms. The number of carboxylic acid groups (broad SMARTS) is 1. The predicted molar refractivity (Wildman–Crippen MR) is 146 cm³/mol. The van der Waals surface area contributed by atoms with Crippen LogP contribution in [0.3, 0.4) is 0 Å². The van der Waals surface area contributed by atoms with Crippen molar-refractivity contribution in [1.82, 2.24) is 0 Å². The number of aryl methyl sites for hydroxylation is 1. The summed E-state index contributed by atoms with van der Waals surface area (Å²) in [5.41, 5.74) is 1.31. The first-order valence-corrected chi connectivity index (χ1v) is 13.5. The highest BCUT2D eigenvalue weighted by Gasteiger charge is 2.27. The molecular weight excluding hydrogens is 547 g/mol. The van der Waals surface area contributed by atoms with E-state index in [1.165, 1.54) is 36.4 Å². The first-order valence-electron chi connectivity index (χ1n) is 11.3. The quantitative estimate of drug-likeness (QED) is 0.258. The van der Waals surface area contributed by atoms with Crippen LogP contribution in [-0.2, 0) is 10.0 Å². The lowest BCUT2D eigenvalue weighted by Gasteiger charge is -2.23. The fourth-order valence-corrected chi connectivity index (χ4v) is 5.34. The van der Waals surface area contributed by atoms with Gasteiger partial charge in [0.2, 0.25) is 0 Å². The molecule has 0 amide bonds. The van der Waals surface area contributed by atoms with Crippen molar-refractivity contribution in [2.75, 3.05) is 10.0 Å². The van der Waals surface area contributed by atoms with Gasteiger partial charge in [-0.2, -0.15) is 0 Å².